The van der Waals surface area contributed by atoms with Crippen molar-refractivity contribution in [2.75, 3.05) is 16.8 Å². The Labute approximate surface area is 151 Å². The third-order valence-electron chi connectivity index (χ3n) is 3.77. The zero-order valence-corrected chi connectivity index (χ0v) is 15.3. The minimum atomic E-state index is -0.349. The van der Waals surface area contributed by atoms with Crippen LogP contribution in [0, 0.1) is 5.92 Å². The van der Waals surface area contributed by atoms with E-state index in [1.54, 1.807) is 4.90 Å². The number of halogens is 2. The second kappa shape index (κ2) is 6.84. The van der Waals surface area contributed by atoms with E-state index in [-0.39, 0.29) is 24.2 Å². The second-order valence-corrected chi connectivity index (χ2v) is 7.12. The fourth-order valence-corrected chi connectivity index (χ4v) is 3.20. The zero-order valence-electron chi connectivity index (χ0n) is 12.1. The molecule has 1 N–H and O–H groups in total. The first-order valence-corrected chi connectivity index (χ1v) is 8.74. The third-order valence-corrected chi connectivity index (χ3v) is 4.99. The maximum absolute atomic E-state index is 12.4. The molecule has 6 heteroatoms. The number of nitrogens with zero attached hydrogens (tertiary/aromatic N) is 1. The molecule has 0 spiro atoms. The maximum Gasteiger partial charge on any atom is 0.229 e. The van der Waals surface area contributed by atoms with E-state index in [0.717, 1.165) is 14.6 Å². The lowest BCUT2D eigenvalue weighted by Gasteiger charge is -2.17. The van der Waals surface area contributed by atoms with Crippen molar-refractivity contribution >= 4 is 55.0 Å². The van der Waals surface area contributed by atoms with Gasteiger partial charge in [0.25, 0.3) is 0 Å². The van der Waals surface area contributed by atoms with Crippen LogP contribution >= 0.6 is 31.9 Å². The number of hydrogen-bond donors (Lipinski definition) is 1. The average Bonchev–Trinajstić information content (AvgIpc) is 2.92. The van der Waals surface area contributed by atoms with Crippen LogP contribution in [0.5, 0.6) is 0 Å². The number of carbonyl (C=O) groups excluding carboxylic acids is 2. The normalized spacial score (nSPS) is 17.4. The lowest BCUT2D eigenvalue weighted by molar-refractivity contribution is -0.122. The first kappa shape index (κ1) is 16.2. The van der Waals surface area contributed by atoms with Crippen molar-refractivity contribution in [1.82, 2.24) is 0 Å². The summed E-state index contributed by atoms with van der Waals surface area (Å²) in [5.74, 6) is -0.511. The van der Waals surface area contributed by atoms with Crippen molar-refractivity contribution in [3.8, 4) is 0 Å². The number of rotatable bonds is 3. The quantitative estimate of drug-likeness (QED) is 0.782. The molecule has 0 aliphatic carbocycles. The SMILES string of the molecule is O=C(Nc1ccccc1Br)[C@@H]1CC(=O)N(c2ccc(Br)cc2)C1. The summed E-state index contributed by atoms with van der Waals surface area (Å²) in [6.07, 6.45) is 0.229. The Morgan fingerprint density at radius 2 is 1.78 bits per heavy atom. The molecule has 0 bridgehead atoms. The molecule has 0 saturated carbocycles. The van der Waals surface area contributed by atoms with Crippen LogP contribution in [0.4, 0.5) is 11.4 Å². The molecular weight excluding hydrogens is 424 g/mol. The van der Waals surface area contributed by atoms with Crippen LogP contribution in [0.1, 0.15) is 6.42 Å². The van der Waals surface area contributed by atoms with Crippen LogP contribution in [0.3, 0.4) is 0 Å². The van der Waals surface area contributed by atoms with Crippen LogP contribution in [0.25, 0.3) is 0 Å². The van der Waals surface area contributed by atoms with Gasteiger partial charge in [0.2, 0.25) is 11.8 Å². The van der Waals surface area contributed by atoms with Gasteiger partial charge < -0.3 is 10.2 Å². The molecule has 0 aromatic heterocycles. The Bertz CT molecular complexity index is 747. The van der Waals surface area contributed by atoms with E-state index < -0.39 is 0 Å². The molecule has 3 rings (SSSR count). The van der Waals surface area contributed by atoms with E-state index in [2.05, 4.69) is 37.2 Å². The predicted octanol–water partition coefficient (Wildman–Crippen LogP) is 4.20. The number of carbonyl (C=O) groups is 2. The highest BCUT2D eigenvalue weighted by Crippen LogP contribution is 2.28. The van der Waals surface area contributed by atoms with Gasteiger partial charge >= 0.3 is 0 Å². The van der Waals surface area contributed by atoms with Crippen LogP contribution in [-0.4, -0.2) is 18.4 Å². The summed E-state index contributed by atoms with van der Waals surface area (Å²) in [6.45, 7) is 0.400. The smallest absolute Gasteiger partial charge is 0.229 e. The number of para-hydroxylation sites is 1. The molecule has 1 aliphatic rings. The molecular formula is C17H14Br2N2O2. The summed E-state index contributed by atoms with van der Waals surface area (Å²) >= 11 is 6.78. The van der Waals surface area contributed by atoms with Crippen molar-refractivity contribution in [3.63, 3.8) is 0 Å². The van der Waals surface area contributed by atoms with Crippen LogP contribution < -0.4 is 10.2 Å². The van der Waals surface area contributed by atoms with Crippen molar-refractivity contribution in [2.45, 2.75) is 6.42 Å². The minimum absolute atomic E-state index is 0.0281. The van der Waals surface area contributed by atoms with Gasteiger partial charge in [-0.1, -0.05) is 28.1 Å². The first-order chi connectivity index (χ1) is 11.0. The van der Waals surface area contributed by atoms with Gasteiger partial charge in [0.05, 0.1) is 11.6 Å². The maximum atomic E-state index is 12.4. The molecule has 0 unspecified atom stereocenters. The van der Waals surface area contributed by atoms with Gasteiger partial charge in [-0.3, -0.25) is 9.59 Å². The largest absolute Gasteiger partial charge is 0.325 e. The van der Waals surface area contributed by atoms with E-state index in [1.165, 1.54) is 0 Å². The van der Waals surface area contributed by atoms with Gasteiger partial charge in [0.15, 0.2) is 0 Å². The highest BCUT2D eigenvalue weighted by atomic mass is 79.9. The van der Waals surface area contributed by atoms with E-state index in [1.807, 2.05) is 48.5 Å². The Hall–Kier alpha value is -1.66. The Morgan fingerprint density at radius 1 is 1.09 bits per heavy atom. The molecule has 1 atom stereocenters. The third kappa shape index (κ3) is 3.64. The van der Waals surface area contributed by atoms with E-state index in [9.17, 15) is 9.59 Å². The van der Waals surface area contributed by atoms with Gasteiger partial charge in [0.1, 0.15) is 0 Å². The lowest BCUT2D eigenvalue weighted by atomic mass is 10.1. The molecule has 1 heterocycles. The predicted molar refractivity (Wildman–Crippen MR) is 97.4 cm³/mol. The van der Waals surface area contributed by atoms with Gasteiger partial charge in [0, 0.05) is 27.6 Å². The molecule has 23 heavy (non-hydrogen) atoms. The number of hydrogen-bond acceptors (Lipinski definition) is 2. The average molecular weight is 438 g/mol. The molecule has 118 valence electrons. The van der Waals surface area contributed by atoms with Gasteiger partial charge in [-0.2, -0.15) is 0 Å². The van der Waals surface area contributed by atoms with Gasteiger partial charge in [-0.25, -0.2) is 0 Å². The second-order valence-electron chi connectivity index (χ2n) is 5.35. The summed E-state index contributed by atoms with van der Waals surface area (Å²) in [4.78, 5) is 26.3. The number of nitrogens with one attached hydrogen (secondary N) is 1. The molecule has 1 aliphatic heterocycles. The fraction of sp³-hybridized carbons (Fsp3) is 0.176. The van der Waals surface area contributed by atoms with Crippen molar-refractivity contribution < 1.29 is 9.59 Å². The Kier molecular flexibility index (Phi) is 4.82. The lowest BCUT2D eigenvalue weighted by Crippen LogP contribution is -2.28. The minimum Gasteiger partial charge on any atom is -0.325 e. The van der Waals surface area contributed by atoms with E-state index in [4.69, 9.17) is 0 Å². The number of anilines is 2. The zero-order chi connectivity index (χ0) is 16.4. The summed E-state index contributed by atoms with van der Waals surface area (Å²) in [5, 5.41) is 2.88. The van der Waals surface area contributed by atoms with Crippen molar-refractivity contribution in [3.05, 3.63) is 57.5 Å². The Balaban J connectivity index is 1.71. The molecule has 1 saturated heterocycles. The number of benzene rings is 2. The summed E-state index contributed by atoms with van der Waals surface area (Å²) in [6, 6.07) is 14.9. The molecule has 1 fully saturated rings. The van der Waals surface area contributed by atoms with Crippen LogP contribution in [0.2, 0.25) is 0 Å². The van der Waals surface area contributed by atoms with Gasteiger partial charge in [-0.15, -0.1) is 0 Å². The monoisotopic (exact) mass is 436 g/mol. The van der Waals surface area contributed by atoms with Crippen molar-refractivity contribution in [2.24, 2.45) is 5.92 Å². The number of amides is 2. The first-order valence-electron chi connectivity index (χ1n) is 7.16. The standard InChI is InChI=1S/C17H14Br2N2O2/c18-12-5-7-13(8-6-12)21-10-11(9-16(21)22)17(23)20-15-4-2-1-3-14(15)19/h1-8,11H,9-10H2,(H,20,23)/t11-/m1/s1. The molecule has 2 aromatic rings. The molecule has 4 nitrogen and oxygen atoms in total. The van der Waals surface area contributed by atoms with Gasteiger partial charge in [-0.05, 0) is 52.3 Å². The highest BCUT2D eigenvalue weighted by molar-refractivity contribution is 9.10. The molecule has 2 aromatic carbocycles. The fourth-order valence-electron chi connectivity index (χ4n) is 2.55. The molecule has 0 radical (unpaired) electrons. The van der Waals surface area contributed by atoms with Crippen LogP contribution in [0.15, 0.2) is 57.5 Å². The van der Waals surface area contributed by atoms with E-state index in [0.29, 0.717) is 12.2 Å². The van der Waals surface area contributed by atoms with Crippen LogP contribution in [-0.2, 0) is 9.59 Å². The topological polar surface area (TPSA) is 49.4 Å². The van der Waals surface area contributed by atoms with E-state index >= 15 is 0 Å². The molecule has 2 amide bonds. The summed E-state index contributed by atoms with van der Waals surface area (Å²) in [5.41, 5.74) is 1.53. The Morgan fingerprint density at radius 3 is 2.48 bits per heavy atom. The summed E-state index contributed by atoms with van der Waals surface area (Å²) < 4.78 is 1.78. The van der Waals surface area contributed by atoms with Crippen molar-refractivity contribution in [1.29, 1.82) is 0 Å². The summed E-state index contributed by atoms with van der Waals surface area (Å²) in [7, 11) is 0. The highest BCUT2D eigenvalue weighted by Gasteiger charge is 2.35.